The molecule has 0 radical (unpaired) electrons. The quantitative estimate of drug-likeness (QED) is 0.676. The van der Waals surface area contributed by atoms with Crippen molar-refractivity contribution >= 4 is 11.7 Å². The van der Waals surface area contributed by atoms with Crippen molar-refractivity contribution in [3.8, 4) is 11.5 Å². The van der Waals surface area contributed by atoms with Crippen molar-refractivity contribution in [2.45, 2.75) is 6.92 Å². The smallest absolute Gasteiger partial charge is 0.356 e. The van der Waals surface area contributed by atoms with Gasteiger partial charge in [0.15, 0.2) is 5.69 Å². The van der Waals surface area contributed by atoms with Crippen molar-refractivity contribution in [2.75, 3.05) is 12.8 Å². The van der Waals surface area contributed by atoms with E-state index in [1.165, 1.54) is 19.4 Å². The number of anilines is 1. The maximum absolute atomic E-state index is 11.4. The Morgan fingerprint density at radius 1 is 1.26 bits per heavy atom. The lowest BCUT2D eigenvalue weighted by atomic mass is 10.2. The third kappa shape index (κ3) is 3.01. The van der Waals surface area contributed by atoms with Crippen LogP contribution in [0.15, 0.2) is 36.5 Å². The molecule has 0 atom stereocenters. The molecule has 0 aliphatic rings. The molecule has 5 nitrogen and oxygen atoms in total. The number of carbonyl (C=O) groups excluding carboxylic acids is 1. The van der Waals surface area contributed by atoms with E-state index < -0.39 is 5.97 Å². The molecule has 2 aromatic rings. The molecule has 98 valence electrons. The minimum absolute atomic E-state index is 0.196. The summed E-state index contributed by atoms with van der Waals surface area (Å²) in [5, 5.41) is 0. The Bertz CT molecular complexity index is 611. The van der Waals surface area contributed by atoms with Crippen LogP contribution in [0.25, 0.3) is 0 Å². The summed E-state index contributed by atoms with van der Waals surface area (Å²) < 4.78 is 10.3. The summed E-state index contributed by atoms with van der Waals surface area (Å²) in [6.45, 7) is 1.91. The summed E-state index contributed by atoms with van der Waals surface area (Å²) in [6.07, 6.45) is 1.49. The Balaban J connectivity index is 2.28. The average molecular weight is 258 g/mol. The van der Waals surface area contributed by atoms with Crippen molar-refractivity contribution in [1.29, 1.82) is 0 Å². The number of hydrogen-bond donors (Lipinski definition) is 1. The zero-order valence-corrected chi connectivity index (χ0v) is 10.7. The van der Waals surface area contributed by atoms with Crippen molar-refractivity contribution in [3.05, 3.63) is 47.8 Å². The molecule has 1 aromatic carbocycles. The van der Waals surface area contributed by atoms with Gasteiger partial charge in [-0.25, -0.2) is 9.78 Å². The van der Waals surface area contributed by atoms with Crippen LogP contribution in [0, 0.1) is 6.92 Å². The molecular formula is C14H14N2O3. The number of nitrogens with two attached hydrogens (primary N) is 1. The molecule has 0 aliphatic carbocycles. The molecule has 0 amide bonds. The molecule has 0 unspecified atom stereocenters. The van der Waals surface area contributed by atoms with Gasteiger partial charge in [0, 0.05) is 24.0 Å². The Labute approximate surface area is 111 Å². The predicted octanol–water partition coefficient (Wildman–Crippen LogP) is 2.55. The molecule has 1 aromatic heterocycles. The number of nitrogen functional groups attached to an aromatic ring is 1. The first kappa shape index (κ1) is 12.9. The number of rotatable bonds is 3. The van der Waals surface area contributed by atoms with Crippen LogP contribution in [0.5, 0.6) is 11.5 Å². The summed E-state index contributed by atoms with van der Waals surface area (Å²) in [5.41, 5.74) is 7.47. The highest BCUT2D eigenvalue weighted by Gasteiger charge is 2.09. The lowest BCUT2D eigenvalue weighted by Gasteiger charge is -2.09. The Hall–Kier alpha value is -2.56. The second-order valence-corrected chi connectivity index (χ2v) is 4.00. The van der Waals surface area contributed by atoms with Gasteiger partial charge in [-0.2, -0.15) is 0 Å². The van der Waals surface area contributed by atoms with Gasteiger partial charge in [0.05, 0.1) is 7.11 Å². The van der Waals surface area contributed by atoms with Gasteiger partial charge in [-0.05, 0) is 24.6 Å². The molecule has 5 heteroatoms. The molecule has 0 bridgehead atoms. The predicted molar refractivity (Wildman–Crippen MR) is 71.2 cm³/mol. The first-order valence-electron chi connectivity index (χ1n) is 5.68. The van der Waals surface area contributed by atoms with Gasteiger partial charge in [-0.15, -0.1) is 0 Å². The van der Waals surface area contributed by atoms with Crippen LogP contribution in [0.2, 0.25) is 0 Å². The Morgan fingerprint density at radius 2 is 2.05 bits per heavy atom. The summed E-state index contributed by atoms with van der Waals surface area (Å²) in [6, 6.07) is 8.58. The fraction of sp³-hybridized carbons (Fsp3) is 0.143. The minimum atomic E-state index is -0.505. The number of aryl methyl sites for hydroxylation is 1. The van der Waals surface area contributed by atoms with Crippen molar-refractivity contribution in [1.82, 2.24) is 4.98 Å². The monoisotopic (exact) mass is 258 g/mol. The van der Waals surface area contributed by atoms with Gasteiger partial charge < -0.3 is 15.2 Å². The van der Waals surface area contributed by atoms with Gasteiger partial charge in [-0.1, -0.05) is 6.07 Å². The number of carbonyl (C=O) groups is 1. The zero-order chi connectivity index (χ0) is 13.8. The van der Waals surface area contributed by atoms with E-state index in [1.807, 2.05) is 13.0 Å². The maximum atomic E-state index is 11.4. The number of esters is 1. The molecule has 2 rings (SSSR count). The largest absolute Gasteiger partial charge is 0.464 e. The normalized spacial score (nSPS) is 10.0. The topological polar surface area (TPSA) is 74.4 Å². The van der Waals surface area contributed by atoms with E-state index in [9.17, 15) is 4.79 Å². The first-order valence-corrected chi connectivity index (χ1v) is 5.68. The molecule has 0 saturated carbocycles. The van der Waals surface area contributed by atoms with Gasteiger partial charge in [0.1, 0.15) is 11.5 Å². The molecule has 0 spiro atoms. The summed E-state index contributed by atoms with van der Waals surface area (Å²) in [7, 11) is 1.31. The number of nitrogens with zero attached hydrogens (tertiary/aromatic N) is 1. The molecule has 2 N–H and O–H groups in total. The number of hydrogen-bond acceptors (Lipinski definition) is 5. The van der Waals surface area contributed by atoms with E-state index in [0.717, 1.165) is 5.56 Å². The van der Waals surface area contributed by atoms with Gasteiger partial charge >= 0.3 is 5.97 Å². The number of benzene rings is 1. The van der Waals surface area contributed by atoms with Crippen LogP contribution in [-0.2, 0) is 4.74 Å². The molecule has 0 saturated heterocycles. The Kier molecular flexibility index (Phi) is 3.66. The second kappa shape index (κ2) is 5.39. The van der Waals surface area contributed by atoms with Crippen LogP contribution in [-0.4, -0.2) is 18.1 Å². The fourth-order valence-electron chi connectivity index (χ4n) is 1.54. The average Bonchev–Trinajstić information content (AvgIpc) is 2.42. The van der Waals surface area contributed by atoms with Gasteiger partial charge in [-0.3, -0.25) is 0 Å². The number of pyridine rings is 1. The first-order chi connectivity index (χ1) is 9.10. The van der Waals surface area contributed by atoms with Crippen molar-refractivity contribution < 1.29 is 14.3 Å². The zero-order valence-electron chi connectivity index (χ0n) is 10.7. The fourth-order valence-corrected chi connectivity index (χ4v) is 1.54. The summed E-state index contributed by atoms with van der Waals surface area (Å²) in [4.78, 5) is 15.3. The van der Waals surface area contributed by atoms with Crippen LogP contribution in [0.4, 0.5) is 5.69 Å². The van der Waals surface area contributed by atoms with E-state index in [4.69, 9.17) is 10.5 Å². The summed E-state index contributed by atoms with van der Waals surface area (Å²) in [5.74, 6) is 0.640. The van der Waals surface area contributed by atoms with E-state index in [0.29, 0.717) is 17.2 Å². The highest BCUT2D eigenvalue weighted by Crippen LogP contribution is 2.27. The van der Waals surface area contributed by atoms with E-state index in [1.54, 1.807) is 18.2 Å². The number of ether oxygens (including phenoxy) is 2. The molecule has 0 aliphatic heterocycles. The van der Waals surface area contributed by atoms with E-state index in [2.05, 4.69) is 9.72 Å². The highest BCUT2D eigenvalue weighted by atomic mass is 16.5. The SMILES string of the molecule is COC(=O)c1cc(Oc2cc(N)ccc2C)ccn1. The lowest BCUT2D eigenvalue weighted by Crippen LogP contribution is -2.04. The van der Waals surface area contributed by atoms with Gasteiger partial charge in [0.2, 0.25) is 0 Å². The minimum Gasteiger partial charge on any atom is -0.464 e. The third-order valence-electron chi connectivity index (χ3n) is 2.57. The number of aromatic nitrogens is 1. The van der Waals surface area contributed by atoms with E-state index >= 15 is 0 Å². The standard InChI is InChI=1S/C14H14N2O3/c1-9-3-4-10(15)7-13(9)19-11-5-6-16-12(8-11)14(17)18-2/h3-8H,15H2,1-2H3. The van der Waals surface area contributed by atoms with Crippen LogP contribution >= 0.6 is 0 Å². The molecule has 19 heavy (non-hydrogen) atoms. The molecule has 1 heterocycles. The molecular weight excluding hydrogens is 244 g/mol. The second-order valence-electron chi connectivity index (χ2n) is 4.00. The highest BCUT2D eigenvalue weighted by molar-refractivity contribution is 5.87. The maximum Gasteiger partial charge on any atom is 0.356 e. The number of methoxy groups -OCH3 is 1. The van der Waals surface area contributed by atoms with Gasteiger partial charge in [0.25, 0.3) is 0 Å². The lowest BCUT2D eigenvalue weighted by molar-refractivity contribution is 0.0593. The van der Waals surface area contributed by atoms with Crippen molar-refractivity contribution in [3.63, 3.8) is 0 Å². The molecule has 0 fully saturated rings. The summed E-state index contributed by atoms with van der Waals surface area (Å²) >= 11 is 0. The van der Waals surface area contributed by atoms with E-state index in [-0.39, 0.29) is 5.69 Å². The van der Waals surface area contributed by atoms with Crippen LogP contribution in [0.1, 0.15) is 16.1 Å². The van der Waals surface area contributed by atoms with Crippen LogP contribution < -0.4 is 10.5 Å². The Morgan fingerprint density at radius 3 is 2.79 bits per heavy atom. The van der Waals surface area contributed by atoms with Crippen LogP contribution in [0.3, 0.4) is 0 Å². The third-order valence-corrected chi connectivity index (χ3v) is 2.57. The van der Waals surface area contributed by atoms with Crippen molar-refractivity contribution in [2.24, 2.45) is 0 Å².